The van der Waals surface area contributed by atoms with E-state index in [4.69, 9.17) is 28.9 Å². The molecule has 20 heavy (non-hydrogen) atoms. The topological polar surface area (TPSA) is 43.8 Å². The van der Waals surface area contributed by atoms with Crippen LogP contribution in [0.3, 0.4) is 0 Å². The lowest BCUT2D eigenvalue weighted by atomic mass is 10.2. The summed E-state index contributed by atoms with van der Waals surface area (Å²) in [7, 11) is 0. The summed E-state index contributed by atoms with van der Waals surface area (Å²) in [6.45, 7) is 0. The molecule has 3 aromatic rings. The number of nitrogens with zero attached hydrogens (tertiary/aromatic N) is 2. The minimum absolute atomic E-state index is 0.0102. The molecule has 0 aliphatic carbocycles. The minimum Gasteiger partial charge on any atom is -0.369 e. The number of nitrogen functional groups attached to an aromatic ring is 1. The molecule has 0 saturated carbocycles. The average Bonchev–Trinajstić information content (AvgIpc) is 2.69. The second-order valence-electron chi connectivity index (χ2n) is 4.16. The highest BCUT2D eigenvalue weighted by molar-refractivity contribution is 9.10. The molecule has 0 aliphatic heterocycles. The van der Waals surface area contributed by atoms with Crippen LogP contribution in [0.2, 0.25) is 10.0 Å². The lowest BCUT2D eigenvalue weighted by molar-refractivity contribution is 0.629. The zero-order chi connectivity index (χ0) is 14.4. The second kappa shape index (κ2) is 4.91. The summed E-state index contributed by atoms with van der Waals surface area (Å²) < 4.78 is 16.0. The van der Waals surface area contributed by atoms with Crippen LogP contribution in [0, 0.1) is 5.82 Å². The van der Waals surface area contributed by atoms with E-state index in [1.54, 1.807) is 22.8 Å². The third-order valence-corrected chi connectivity index (χ3v) is 4.41. The fourth-order valence-corrected chi connectivity index (χ4v) is 2.57. The molecule has 0 unspecified atom stereocenters. The van der Waals surface area contributed by atoms with Gasteiger partial charge in [0.25, 0.3) is 0 Å². The Kier molecular flexibility index (Phi) is 3.36. The van der Waals surface area contributed by atoms with Crippen molar-refractivity contribution in [2.45, 2.75) is 0 Å². The maximum Gasteiger partial charge on any atom is 0.205 e. The van der Waals surface area contributed by atoms with Gasteiger partial charge in [-0.05, 0) is 40.2 Å². The SMILES string of the molecule is Nc1nc2cc(Cl)c(F)cc2n1-c1ccc(Br)c(Cl)c1. The zero-order valence-corrected chi connectivity index (χ0v) is 13.0. The number of rotatable bonds is 1. The number of fused-ring (bicyclic) bond motifs is 1. The Morgan fingerprint density at radius 2 is 1.90 bits per heavy atom. The van der Waals surface area contributed by atoms with E-state index in [1.165, 1.54) is 12.1 Å². The highest BCUT2D eigenvalue weighted by atomic mass is 79.9. The van der Waals surface area contributed by atoms with E-state index in [2.05, 4.69) is 20.9 Å². The fourth-order valence-electron chi connectivity index (χ4n) is 1.99. The zero-order valence-electron chi connectivity index (χ0n) is 9.87. The highest BCUT2D eigenvalue weighted by Gasteiger charge is 2.14. The number of hydrogen-bond donors (Lipinski definition) is 1. The van der Waals surface area contributed by atoms with Crippen molar-refractivity contribution >= 4 is 56.1 Å². The van der Waals surface area contributed by atoms with Crippen LogP contribution >= 0.6 is 39.1 Å². The van der Waals surface area contributed by atoms with Gasteiger partial charge in [-0.15, -0.1) is 0 Å². The number of aromatic nitrogens is 2. The molecule has 0 amide bonds. The summed E-state index contributed by atoms with van der Waals surface area (Å²) in [6.07, 6.45) is 0. The first kappa shape index (κ1) is 13.7. The molecule has 0 fully saturated rings. The Balaban J connectivity index is 2.32. The van der Waals surface area contributed by atoms with Gasteiger partial charge in [0, 0.05) is 10.5 Å². The third-order valence-electron chi connectivity index (χ3n) is 2.88. The molecule has 0 radical (unpaired) electrons. The largest absolute Gasteiger partial charge is 0.369 e. The van der Waals surface area contributed by atoms with Gasteiger partial charge in [0.05, 0.1) is 26.8 Å². The number of benzene rings is 2. The van der Waals surface area contributed by atoms with Crippen molar-refractivity contribution in [3.05, 3.63) is 50.7 Å². The monoisotopic (exact) mass is 373 g/mol. The number of halogens is 4. The minimum atomic E-state index is -0.525. The first-order chi connectivity index (χ1) is 9.47. The third kappa shape index (κ3) is 2.16. The van der Waals surface area contributed by atoms with E-state index in [-0.39, 0.29) is 11.0 Å². The predicted molar refractivity (Wildman–Crippen MR) is 83.2 cm³/mol. The highest BCUT2D eigenvalue weighted by Crippen LogP contribution is 2.30. The van der Waals surface area contributed by atoms with Crippen molar-refractivity contribution < 1.29 is 4.39 Å². The predicted octanol–water partition coefficient (Wildman–Crippen LogP) is 4.82. The van der Waals surface area contributed by atoms with Gasteiger partial charge in [-0.2, -0.15) is 0 Å². The van der Waals surface area contributed by atoms with Gasteiger partial charge >= 0.3 is 0 Å². The van der Waals surface area contributed by atoms with E-state index in [9.17, 15) is 4.39 Å². The number of hydrogen-bond acceptors (Lipinski definition) is 2. The Morgan fingerprint density at radius 1 is 1.15 bits per heavy atom. The van der Waals surface area contributed by atoms with Crippen LogP contribution < -0.4 is 5.73 Å². The number of nitrogens with two attached hydrogens (primary N) is 1. The van der Waals surface area contributed by atoms with E-state index >= 15 is 0 Å². The van der Waals surface area contributed by atoms with Crippen LogP contribution in [0.15, 0.2) is 34.8 Å². The van der Waals surface area contributed by atoms with E-state index in [1.807, 2.05) is 0 Å². The van der Waals surface area contributed by atoms with E-state index in [0.717, 1.165) is 4.47 Å². The van der Waals surface area contributed by atoms with Crippen molar-refractivity contribution in [1.29, 1.82) is 0 Å². The maximum atomic E-state index is 13.6. The lowest BCUT2D eigenvalue weighted by Crippen LogP contribution is -2.00. The molecule has 3 nitrogen and oxygen atoms in total. The smallest absolute Gasteiger partial charge is 0.205 e. The normalized spacial score (nSPS) is 11.2. The van der Waals surface area contributed by atoms with Gasteiger partial charge < -0.3 is 5.73 Å². The summed E-state index contributed by atoms with van der Waals surface area (Å²) in [5, 5.41) is 0.536. The first-order valence-corrected chi connectivity index (χ1v) is 7.10. The molecule has 102 valence electrons. The Labute approximate surface area is 132 Å². The second-order valence-corrected chi connectivity index (χ2v) is 5.83. The number of imidazole rings is 1. The van der Waals surface area contributed by atoms with Crippen LogP contribution in [0.5, 0.6) is 0 Å². The van der Waals surface area contributed by atoms with Crippen LogP contribution in [0.4, 0.5) is 10.3 Å². The first-order valence-electron chi connectivity index (χ1n) is 5.56. The Morgan fingerprint density at radius 3 is 2.60 bits per heavy atom. The lowest BCUT2D eigenvalue weighted by Gasteiger charge is -2.08. The molecular formula is C13H7BrCl2FN3. The molecule has 0 aliphatic rings. The van der Waals surface area contributed by atoms with Crippen molar-refractivity contribution in [2.75, 3.05) is 5.73 Å². The van der Waals surface area contributed by atoms with Gasteiger partial charge in [0.2, 0.25) is 5.95 Å². The molecule has 0 saturated heterocycles. The van der Waals surface area contributed by atoms with Crippen molar-refractivity contribution in [3.63, 3.8) is 0 Å². The average molecular weight is 375 g/mol. The Bertz CT molecular complexity index is 832. The van der Waals surface area contributed by atoms with Gasteiger partial charge in [-0.25, -0.2) is 9.37 Å². The Hall–Kier alpha value is -1.30. The van der Waals surface area contributed by atoms with Crippen LogP contribution in [-0.2, 0) is 0 Å². The van der Waals surface area contributed by atoms with Gasteiger partial charge in [-0.3, -0.25) is 4.57 Å². The van der Waals surface area contributed by atoms with Crippen molar-refractivity contribution in [1.82, 2.24) is 9.55 Å². The van der Waals surface area contributed by atoms with Crippen molar-refractivity contribution in [2.24, 2.45) is 0 Å². The van der Waals surface area contributed by atoms with Gasteiger partial charge in [-0.1, -0.05) is 23.2 Å². The van der Waals surface area contributed by atoms with Crippen molar-refractivity contribution in [3.8, 4) is 5.69 Å². The summed E-state index contributed by atoms with van der Waals surface area (Å²) in [4.78, 5) is 4.18. The molecule has 1 aromatic heterocycles. The molecule has 2 aromatic carbocycles. The van der Waals surface area contributed by atoms with E-state index in [0.29, 0.717) is 21.7 Å². The molecule has 7 heteroatoms. The molecule has 1 heterocycles. The molecule has 2 N–H and O–H groups in total. The number of anilines is 1. The summed E-state index contributed by atoms with van der Waals surface area (Å²) in [5.41, 5.74) is 7.65. The molecule has 0 atom stereocenters. The molecular weight excluding hydrogens is 368 g/mol. The quantitative estimate of drug-likeness (QED) is 0.663. The molecule has 0 spiro atoms. The summed E-state index contributed by atoms with van der Waals surface area (Å²) in [6, 6.07) is 8.06. The van der Waals surface area contributed by atoms with Gasteiger partial charge in [0.15, 0.2) is 0 Å². The van der Waals surface area contributed by atoms with Crippen LogP contribution in [-0.4, -0.2) is 9.55 Å². The summed E-state index contributed by atoms with van der Waals surface area (Å²) >= 11 is 15.1. The molecule has 3 rings (SSSR count). The fraction of sp³-hybridized carbons (Fsp3) is 0. The maximum absolute atomic E-state index is 13.6. The standard InChI is InChI=1S/C13H7BrCl2FN3/c14-7-2-1-6(3-8(7)15)20-12-5-10(17)9(16)4-11(12)19-13(20)18/h1-5H,(H2,18,19). The molecule has 0 bridgehead atoms. The summed E-state index contributed by atoms with van der Waals surface area (Å²) in [5.74, 6) is -0.288. The van der Waals surface area contributed by atoms with E-state index < -0.39 is 5.82 Å². The van der Waals surface area contributed by atoms with Crippen LogP contribution in [0.1, 0.15) is 0 Å². The van der Waals surface area contributed by atoms with Crippen LogP contribution in [0.25, 0.3) is 16.7 Å². The van der Waals surface area contributed by atoms with Gasteiger partial charge in [0.1, 0.15) is 5.82 Å².